The van der Waals surface area contributed by atoms with E-state index in [0.717, 1.165) is 4.90 Å². The standard InChI is InChI=1S/C18H16N4O3S2/c1-3-25-17(24)14-8-4-5-9-15(14)26-27-18-20-16(22(21-18)12(2)23)13-7-6-10-19-11-13/h4-11H,3H2,1-2H3. The first-order valence-electron chi connectivity index (χ1n) is 8.09. The molecule has 0 radical (unpaired) electrons. The summed E-state index contributed by atoms with van der Waals surface area (Å²) in [5.41, 5.74) is 1.18. The summed E-state index contributed by atoms with van der Waals surface area (Å²) in [5.74, 6) is -0.193. The van der Waals surface area contributed by atoms with Crippen LogP contribution in [0, 0.1) is 0 Å². The van der Waals surface area contributed by atoms with Crippen LogP contribution in [0.5, 0.6) is 0 Å². The van der Waals surface area contributed by atoms with Crippen molar-refractivity contribution in [1.29, 1.82) is 0 Å². The Balaban J connectivity index is 1.84. The SMILES string of the molecule is CCOC(=O)c1ccccc1SSc1nc(-c2cccnc2)n(C(C)=O)n1. The number of rotatable bonds is 6. The van der Waals surface area contributed by atoms with Gasteiger partial charge in [0.05, 0.1) is 12.2 Å². The maximum atomic E-state index is 12.1. The van der Waals surface area contributed by atoms with Gasteiger partial charge < -0.3 is 4.74 Å². The fourth-order valence-electron chi connectivity index (χ4n) is 2.23. The van der Waals surface area contributed by atoms with E-state index < -0.39 is 0 Å². The number of benzene rings is 1. The van der Waals surface area contributed by atoms with Gasteiger partial charge in [0.1, 0.15) is 0 Å². The first kappa shape index (κ1) is 19.1. The molecule has 0 amide bonds. The molecule has 0 N–H and O–H groups in total. The molecule has 0 aliphatic rings. The van der Waals surface area contributed by atoms with Crippen molar-refractivity contribution in [2.45, 2.75) is 23.9 Å². The van der Waals surface area contributed by atoms with Gasteiger partial charge in [-0.3, -0.25) is 9.78 Å². The molecule has 0 bridgehead atoms. The van der Waals surface area contributed by atoms with Crippen LogP contribution in [-0.4, -0.2) is 38.2 Å². The van der Waals surface area contributed by atoms with Gasteiger partial charge in [0.2, 0.25) is 11.1 Å². The van der Waals surface area contributed by atoms with Gasteiger partial charge in [0.15, 0.2) is 5.82 Å². The molecule has 27 heavy (non-hydrogen) atoms. The van der Waals surface area contributed by atoms with Gasteiger partial charge in [-0.15, -0.1) is 5.10 Å². The normalized spacial score (nSPS) is 10.6. The van der Waals surface area contributed by atoms with Crippen molar-refractivity contribution >= 4 is 33.5 Å². The van der Waals surface area contributed by atoms with E-state index in [1.54, 1.807) is 37.5 Å². The van der Waals surface area contributed by atoms with E-state index in [1.807, 2.05) is 18.2 Å². The Morgan fingerprint density at radius 3 is 2.67 bits per heavy atom. The number of esters is 1. The summed E-state index contributed by atoms with van der Waals surface area (Å²) >= 11 is 0. The molecule has 9 heteroatoms. The number of aromatic nitrogens is 4. The van der Waals surface area contributed by atoms with Crippen LogP contribution < -0.4 is 0 Å². The third-order valence-electron chi connectivity index (χ3n) is 3.39. The highest BCUT2D eigenvalue weighted by molar-refractivity contribution is 8.76. The van der Waals surface area contributed by atoms with Crippen LogP contribution in [0.1, 0.15) is 29.0 Å². The van der Waals surface area contributed by atoms with Crippen LogP contribution >= 0.6 is 21.6 Å². The molecule has 0 atom stereocenters. The molecule has 0 aliphatic heterocycles. The average molecular weight is 400 g/mol. The second-order valence-electron chi connectivity index (χ2n) is 5.27. The first-order valence-corrected chi connectivity index (χ1v) is 10.2. The lowest BCUT2D eigenvalue weighted by atomic mass is 10.2. The minimum atomic E-state index is -0.375. The lowest BCUT2D eigenvalue weighted by Crippen LogP contribution is -2.09. The fraction of sp³-hybridized carbons (Fsp3) is 0.167. The van der Waals surface area contributed by atoms with Crippen LogP contribution in [0.3, 0.4) is 0 Å². The van der Waals surface area contributed by atoms with E-state index in [9.17, 15) is 9.59 Å². The molecule has 1 aromatic carbocycles. The first-order chi connectivity index (χ1) is 13.1. The smallest absolute Gasteiger partial charge is 0.339 e. The van der Waals surface area contributed by atoms with Gasteiger partial charge in [-0.1, -0.05) is 12.1 Å². The Labute approximate surface area is 163 Å². The van der Waals surface area contributed by atoms with Crippen LogP contribution in [0.15, 0.2) is 58.8 Å². The largest absolute Gasteiger partial charge is 0.462 e. The van der Waals surface area contributed by atoms with Crippen molar-refractivity contribution in [1.82, 2.24) is 19.7 Å². The number of hydrogen-bond donors (Lipinski definition) is 0. The number of nitrogens with zero attached hydrogens (tertiary/aromatic N) is 4. The molecule has 0 unspecified atom stereocenters. The molecule has 7 nitrogen and oxygen atoms in total. The quantitative estimate of drug-likeness (QED) is 0.454. The summed E-state index contributed by atoms with van der Waals surface area (Å²) in [6.07, 6.45) is 3.27. The van der Waals surface area contributed by atoms with Gasteiger partial charge in [0, 0.05) is 29.8 Å². The summed E-state index contributed by atoms with van der Waals surface area (Å²) in [7, 11) is 2.60. The van der Waals surface area contributed by atoms with E-state index >= 15 is 0 Å². The Morgan fingerprint density at radius 1 is 1.15 bits per heavy atom. The van der Waals surface area contributed by atoms with Crippen LogP contribution in [0.25, 0.3) is 11.4 Å². The molecule has 2 aromatic heterocycles. The predicted octanol–water partition coefficient (Wildman–Crippen LogP) is 3.98. The molecule has 0 fully saturated rings. The highest BCUT2D eigenvalue weighted by atomic mass is 33.1. The lowest BCUT2D eigenvalue weighted by molar-refractivity contribution is 0.0522. The van der Waals surface area contributed by atoms with Crippen LogP contribution in [0.4, 0.5) is 0 Å². The van der Waals surface area contributed by atoms with E-state index in [0.29, 0.717) is 28.7 Å². The third kappa shape index (κ3) is 4.55. The van der Waals surface area contributed by atoms with Gasteiger partial charge >= 0.3 is 5.97 Å². The zero-order valence-electron chi connectivity index (χ0n) is 14.7. The molecule has 3 aromatic rings. The zero-order chi connectivity index (χ0) is 19.2. The minimum absolute atomic E-state index is 0.245. The maximum Gasteiger partial charge on any atom is 0.339 e. The van der Waals surface area contributed by atoms with Gasteiger partial charge in [-0.25, -0.2) is 9.78 Å². The van der Waals surface area contributed by atoms with Crippen LogP contribution in [-0.2, 0) is 4.74 Å². The Morgan fingerprint density at radius 2 is 1.96 bits per heavy atom. The number of ether oxygens (including phenoxy) is 1. The monoisotopic (exact) mass is 400 g/mol. The highest BCUT2D eigenvalue weighted by Gasteiger charge is 2.18. The van der Waals surface area contributed by atoms with E-state index in [4.69, 9.17) is 4.74 Å². The minimum Gasteiger partial charge on any atom is -0.462 e. The zero-order valence-corrected chi connectivity index (χ0v) is 16.3. The van der Waals surface area contributed by atoms with Crippen molar-refractivity contribution in [3.8, 4) is 11.4 Å². The van der Waals surface area contributed by atoms with E-state index in [-0.39, 0.29) is 11.9 Å². The molecule has 138 valence electrons. The molecule has 0 saturated heterocycles. The van der Waals surface area contributed by atoms with Crippen molar-refractivity contribution < 1.29 is 14.3 Å². The second kappa shape index (κ2) is 8.83. The van der Waals surface area contributed by atoms with Crippen LogP contribution in [0.2, 0.25) is 0 Å². The van der Waals surface area contributed by atoms with Crippen molar-refractivity contribution in [3.63, 3.8) is 0 Å². The number of carbonyl (C=O) groups is 2. The number of hydrogen-bond acceptors (Lipinski definition) is 8. The Bertz CT molecular complexity index is 960. The van der Waals surface area contributed by atoms with Crippen molar-refractivity contribution in [2.75, 3.05) is 6.61 Å². The molecular weight excluding hydrogens is 384 g/mol. The van der Waals surface area contributed by atoms with Gasteiger partial charge in [-0.2, -0.15) is 4.68 Å². The lowest BCUT2D eigenvalue weighted by Gasteiger charge is -2.06. The van der Waals surface area contributed by atoms with E-state index in [2.05, 4.69) is 15.1 Å². The van der Waals surface area contributed by atoms with Gasteiger partial charge in [0.25, 0.3) is 0 Å². The molecule has 0 saturated carbocycles. The summed E-state index contributed by atoms with van der Waals surface area (Å²) in [4.78, 5) is 33.2. The average Bonchev–Trinajstić information content (AvgIpc) is 3.12. The second-order valence-corrected chi connectivity index (χ2v) is 7.41. The third-order valence-corrected chi connectivity index (χ3v) is 5.57. The summed E-state index contributed by atoms with van der Waals surface area (Å²) in [6.45, 7) is 3.50. The Hall–Kier alpha value is -2.65. The number of pyridine rings is 1. The molecule has 3 rings (SSSR count). The predicted molar refractivity (Wildman–Crippen MR) is 104 cm³/mol. The molecule has 0 spiro atoms. The maximum absolute atomic E-state index is 12.1. The molecule has 0 aliphatic carbocycles. The van der Waals surface area contributed by atoms with Gasteiger partial charge in [-0.05, 0) is 52.8 Å². The number of carbonyl (C=O) groups excluding carboxylic acids is 2. The fourth-order valence-corrected chi connectivity index (χ4v) is 4.15. The van der Waals surface area contributed by atoms with Crippen molar-refractivity contribution in [2.24, 2.45) is 0 Å². The van der Waals surface area contributed by atoms with E-state index in [1.165, 1.54) is 33.2 Å². The Kier molecular flexibility index (Phi) is 6.25. The highest BCUT2D eigenvalue weighted by Crippen LogP contribution is 2.38. The summed E-state index contributed by atoms with van der Waals surface area (Å²) in [6, 6.07) is 10.7. The molecule has 2 heterocycles. The topological polar surface area (TPSA) is 87.0 Å². The molecular formula is C18H16N4O3S2. The summed E-state index contributed by atoms with van der Waals surface area (Å²) in [5, 5.41) is 4.68. The van der Waals surface area contributed by atoms with Crippen molar-refractivity contribution in [3.05, 3.63) is 54.4 Å². The summed E-state index contributed by atoms with van der Waals surface area (Å²) < 4.78 is 6.33.